The van der Waals surface area contributed by atoms with Crippen molar-refractivity contribution in [3.63, 3.8) is 0 Å². The molecule has 2 nitrogen and oxygen atoms in total. The van der Waals surface area contributed by atoms with Crippen LogP contribution in [0.1, 0.15) is 173 Å². The Balaban J connectivity index is 0.000000713. The van der Waals surface area contributed by atoms with E-state index in [1.54, 1.807) is 4.70 Å². The first-order valence-electron chi connectivity index (χ1n) is 19.1. The zero-order chi connectivity index (χ0) is 33.4. The molecule has 0 saturated heterocycles. The number of allylic oxidation sites excluding steroid dienone is 2. The fourth-order valence-electron chi connectivity index (χ4n) is 6.04. The van der Waals surface area contributed by atoms with Gasteiger partial charge in [-0.15, -0.1) is 0 Å². The molecule has 0 bridgehead atoms. The number of hydrogen-bond donors (Lipinski definition) is 0. The number of nitrogens with zero attached hydrogens (tertiary/aromatic N) is 2. The van der Waals surface area contributed by atoms with E-state index in [1.165, 1.54) is 128 Å². The maximum atomic E-state index is 11.9. The fraction of sp³-hybridized carbons (Fsp3) is 0.628. The minimum absolute atomic E-state index is 1.02. The Bertz CT molecular complexity index is 1180. The van der Waals surface area contributed by atoms with Gasteiger partial charge in [-0.1, -0.05) is 96.9 Å². The Morgan fingerprint density at radius 1 is 0.478 bits per heavy atom. The topological polar surface area (TPSA) is 25.3 Å². The van der Waals surface area contributed by atoms with E-state index in [4.69, 9.17) is 0 Å². The molecule has 2 aromatic carbocycles. The number of aryl methyl sites for hydroxylation is 2. The van der Waals surface area contributed by atoms with Gasteiger partial charge in [0.1, 0.15) is 0 Å². The summed E-state index contributed by atoms with van der Waals surface area (Å²) in [7, 11) is 0. The third-order valence-corrected chi connectivity index (χ3v) is 11.1. The number of hydrogen-bond acceptors (Lipinski definition) is 0. The summed E-state index contributed by atoms with van der Waals surface area (Å²) >= 11 is 1.07. The molecule has 3 heteroatoms. The molecule has 1 aliphatic heterocycles. The summed E-state index contributed by atoms with van der Waals surface area (Å²) in [6, 6.07) is 17.9. The summed E-state index contributed by atoms with van der Waals surface area (Å²) in [5, 5.41) is 0. The normalized spacial score (nSPS) is 13.1. The quantitative estimate of drug-likeness (QED) is 0.0621. The average molecular weight is 719 g/mol. The summed E-state index contributed by atoms with van der Waals surface area (Å²) in [5.41, 5.74) is 21.7. The van der Waals surface area contributed by atoms with E-state index >= 15 is 0 Å². The minimum atomic E-state index is 1.02. The zero-order valence-corrected chi connectivity index (χ0v) is 32.2. The molecule has 46 heavy (non-hydrogen) atoms. The predicted octanol–water partition coefficient (Wildman–Crippen LogP) is 14.6. The van der Waals surface area contributed by atoms with E-state index in [-0.39, 0.29) is 0 Å². The molecule has 0 amide bonds. The van der Waals surface area contributed by atoms with Crippen molar-refractivity contribution in [2.24, 2.45) is 0 Å². The van der Waals surface area contributed by atoms with Gasteiger partial charge in [0.25, 0.3) is 0 Å². The van der Waals surface area contributed by atoms with Gasteiger partial charge in [0, 0.05) is 22.3 Å². The van der Waals surface area contributed by atoms with Crippen molar-refractivity contribution >= 4 is 11.4 Å². The second kappa shape index (κ2) is 25.2. The van der Waals surface area contributed by atoms with Crippen molar-refractivity contribution in [2.75, 3.05) is 0 Å². The van der Waals surface area contributed by atoms with Crippen LogP contribution in [0.3, 0.4) is 0 Å². The molecule has 2 aromatic rings. The molecule has 0 spiro atoms. The molecule has 0 aromatic heterocycles. The summed E-state index contributed by atoms with van der Waals surface area (Å²) in [6.45, 7) is 13.6. The van der Waals surface area contributed by atoms with Gasteiger partial charge in [0.15, 0.2) is 0 Å². The van der Waals surface area contributed by atoms with Gasteiger partial charge in [-0.2, -0.15) is 0 Å². The first-order valence-corrected chi connectivity index (χ1v) is 21.3. The zero-order valence-electron chi connectivity index (χ0n) is 30.7. The molecule has 0 saturated carbocycles. The summed E-state index contributed by atoms with van der Waals surface area (Å²) in [6.07, 6.45) is 23.3. The van der Waals surface area contributed by atoms with Crippen molar-refractivity contribution in [3.8, 4) is 0 Å². The third kappa shape index (κ3) is 14.1. The molecule has 0 N–H and O–H groups in total. The molecular formula is C43H68N2Pd. The number of unbranched alkanes of at least 4 members (excludes halogenated alkanes) is 9. The van der Waals surface area contributed by atoms with E-state index < -0.39 is 0 Å². The number of rotatable bonds is 23. The predicted molar refractivity (Wildman–Crippen MR) is 200 cm³/mol. The number of benzene rings is 2. The molecule has 0 atom stereocenters. The Kier molecular flexibility index (Phi) is 22.1. The molecule has 0 fully saturated rings. The van der Waals surface area contributed by atoms with Crippen LogP contribution in [0.15, 0.2) is 59.7 Å². The Labute approximate surface area is 293 Å². The van der Waals surface area contributed by atoms with E-state index in [2.05, 4.69) is 90.1 Å². The van der Waals surface area contributed by atoms with Crippen molar-refractivity contribution in [2.45, 2.75) is 173 Å². The van der Waals surface area contributed by atoms with Crippen LogP contribution < -0.4 is 0 Å². The maximum absolute atomic E-state index is 11.9. The van der Waals surface area contributed by atoms with E-state index in [0.717, 1.165) is 66.2 Å². The first kappa shape index (κ1) is 40.4. The Morgan fingerprint density at radius 2 is 0.891 bits per heavy atom. The van der Waals surface area contributed by atoms with Gasteiger partial charge in [-0.25, -0.2) is 4.70 Å². The summed E-state index contributed by atoms with van der Waals surface area (Å²) in [5.74, 6) is 0. The Morgan fingerprint density at radius 3 is 1.33 bits per heavy atom. The van der Waals surface area contributed by atoms with Gasteiger partial charge < -0.3 is 5.53 Å². The van der Waals surface area contributed by atoms with E-state index in [9.17, 15) is 5.53 Å². The van der Waals surface area contributed by atoms with Gasteiger partial charge >= 0.3 is 67.3 Å². The standard InChI is InChI=1S/C35H50N2.2C4H9.Pd/c1-5-9-13-15-25-33-32(24-14-10-6-2)34(30-22-16-20-28(26-30)18-11-7-3)37(36)35(33)31-23-17-21-29(27-31)19-12-8-4;2*1-3-4-2;/h16-17,20-23,26-27H,5-15,18-19,24-25H2,1-4H3;2*1,3-4H2,2H3;. The summed E-state index contributed by atoms with van der Waals surface area (Å²) in [4.78, 5) is 3.01. The van der Waals surface area contributed by atoms with E-state index in [0.29, 0.717) is 0 Å². The second-order valence-corrected chi connectivity index (χ2v) is 15.4. The molecule has 1 heterocycles. The average Bonchev–Trinajstić information content (AvgIpc) is 3.35. The molecule has 0 aliphatic carbocycles. The van der Waals surface area contributed by atoms with Crippen molar-refractivity contribution in [1.82, 2.24) is 0 Å². The SMILES string of the molecule is CCCCCCC1=C(c2cccc(CCCC)c2)[N+](=[N-])C(c2cccc(CCCC)c2)=C1CCCCC.CCC[CH2][Pd][CH2]CCC. The van der Waals surface area contributed by atoms with Crippen LogP contribution in [0.4, 0.5) is 0 Å². The van der Waals surface area contributed by atoms with Crippen LogP contribution >= 0.6 is 0 Å². The van der Waals surface area contributed by atoms with Crippen LogP contribution in [0.5, 0.6) is 0 Å². The molecule has 0 unspecified atom stereocenters. The van der Waals surface area contributed by atoms with Gasteiger partial charge in [-0.3, -0.25) is 0 Å². The molecule has 3 rings (SSSR count). The van der Waals surface area contributed by atoms with Crippen molar-refractivity contribution in [3.05, 3.63) is 87.5 Å². The molecule has 0 radical (unpaired) electrons. The van der Waals surface area contributed by atoms with Crippen LogP contribution in [-0.4, -0.2) is 4.70 Å². The van der Waals surface area contributed by atoms with E-state index in [1.807, 2.05) is 0 Å². The van der Waals surface area contributed by atoms with Crippen LogP contribution in [0.25, 0.3) is 16.9 Å². The monoisotopic (exact) mass is 718 g/mol. The van der Waals surface area contributed by atoms with Gasteiger partial charge in [-0.05, 0) is 86.8 Å². The van der Waals surface area contributed by atoms with Crippen LogP contribution in [0, 0.1) is 0 Å². The third-order valence-electron chi connectivity index (χ3n) is 8.86. The van der Waals surface area contributed by atoms with Crippen molar-refractivity contribution < 1.29 is 22.7 Å². The fourth-order valence-corrected chi connectivity index (χ4v) is 8.30. The van der Waals surface area contributed by atoms with Gasteiger partial charge in [0.05, 0.1) is 0 Å². The van der Waals surface area contributed by atoms with Crippen LogP contribution in [-0.2, 0) is 30.8 Å². The van der Waals surface area contributed by atoms with Gasteiger partial charge in [0.2, 0.25) is 11.4 Å². The van der Waals surface area contributed by atoms with Crippen LogP contribution in [0.2, 0.25) is 9.79 Å². The molecule has 260 valence electrons. The second-order valence-electron chi connectivity index (χ2n) is 13.0. The molecular weight excluding hydrogens is 651 g/mol. The Hall–Kier alpha value is -1.82. The summed E-state index contributed by atoms with van der Waals surface area (Å²) < 4.78 is 1.56. The van der Waals surface area contributed by atoms with Crippen molar-refractivity contribution in [1.29, 1.82) is 0 Å². The molecule has 1 aliphatic rings. The first-order chi connectivity index (χ1) is 22.6.